The Morgan fingerprint density at radius 3 is 2.55 bits per heavy atom. The Bertz CT molecular complexity index is 510. The first-order valence-corrected chi connectivity index (χ1v) is 7.35. The van der Waals surface area contributed by atoms with Crippen LogP contribution in [0.1, 0.15) is 37.8 Å². The van der Waals surface area contributed by atoms with Crippen molar-refractivity contribution in [2.45, 2.75) is 38.3 Å². The normalized spacial score (nSPS) is 24.4. The van der Waals surface area contributed by atoms with Crippen molar-refractivity contribution in [3.05, 3.63) is 35.9 Å². The second kappa shape index (κ2) is 5.27. The van der Waals surface area contributed by atoms with E-state index in [0.717, 1.165) is 24.8 Å². The van der Waals surface area contributed by atoms with E-state index in [-0.39, 0.29) is 30.4 Å². The molecule has 20 heavy (non-hydrogen) atoms. The molecule has 1 saturated heterocycles. The first-order chi connectivity index (χ1) is 9.70. The summed E-state index contributed by atoms with van der Waals surface area (Å²) in [6.07, 6.45) is 2.92. The minimum atomic E-state index is -0.297. The molecule has 1 saturated carbocycles. The third-order valence-corrected chi connectivity index (χ3v) is 4.22. The minimum absolute atomic E-state index is 0.00370. The van der Waals surface area contributed by atoms with E-state index in [2.05, 4.69) is 12.2 Å². The van der Waals surface area contributed by atoms with Crippen molar-refractivity contribution in [2.75, 3.05) is 6.54 Å². The van der Waals surface area contributed by atoms with E-state index in [0.29, 0.717) is 5.92 Å². The van der Waals surface area contributed by atoms with Crippen LogP contribution in [-0.4, -0.2) is 29.3 Å². The van der Waals surface area contributed by atoms with Gasteiger partial charge >= 0.3 is 0 Å². The first-order valence-electron chi connectivity index (χ1n) is 7.35. The number of nitrogens with zero attached hydrogens (tertiary/aromatic N) is 1. The highest BCUT2D eigenvalue weighted by molar-refractivity contribution is 5.95. The highest BCUT2D eigenvalue weighted by atomic mass is 16.2. The summed E-state index contributed by atoms with van der Waals surface area (Å²) in [4.78, 5) is 26.3. The number of piperazine rings is 1. The van der Waals surface area contributed by atoms with Crippen molar-refractivity contribution >= 4 is 11.8 Å². The minimum Gasteiger partial charge on any atom is -0.342 e. The maximum absolute atomic E-state index is 12.6. The molecule has 4 nitrogen and oxygen atoms in total. The molecule has 2 atom stereocenters. The second-order valence-corrected chi connectivity index (χ2v) is 5.68. The maximum Gasteiger partial charge on any atom is 0.246 e. The van der Waals surface area contributed by atoms with Crippen LogP contribution < -0.4 is 5.32 Å². The summed E-state index contributed by atoms with van der Waals surface area (Å²) in [5.74, 6) is 0.404. The average Bonchev–Trinajstić information content (AvgIpc) is 3.29. The molecule has 1 N–H and O–H groups in total. The van der Waals surface area contributed by atoms with Crippen molar-refractivity contribution in [1.29, 1.82) is 0 Å². The van der Waals surface area contributed by atoms with E-state index in [9.17, 15) is 9.59 Å². The van der Waals surface area contributed by atoms with Crippen molar-refractivity contribution < 1.29 is 9.59 Å². The van der Waals surface area contributed by atoms with Crippen LogP contribution in [0.5, 0.6) is 0 Å². The van der Waals surface area contributed by atoms with Crippen molar-refractivity contribution in [1.82, 2.24) is 10.2 Å². The molecule has 2 fully saturated rings. The Labute approximate surface area is 119 Å². The third kappa shape index (κ3) is 2.42. The van der Waals surface area contributed by atoms with Crippen LogP contribution in [0.15, 0.2) is 30.3 Å². The summed E-state index contributed by atoms with van der Waals surface area (Å²) in [6, 6.07) is 9.68. The summed E-state index contributed by atoms with van der Waals surface area (Å²) in [6.45, 7) is 2.24. The fourth-order valence-corrected chi connectivity index (χ4v) is 3.02. The third-order valence-electron chi connectivity index (χ3n) is 4.22. The van der Waals surface area contributed by atoms with Gasteiger partial charge in [0.2, 0.25) is 11.8 Å². The Morgan fingerprint density at radius 2 is 1.95 bits per heavy atom. The largest absolute Gasteiger partial charge is 0.342 e. The number of carbonyl (C=O) groups is 2. The number of benzene rings is 1. The van der Waals surface area contributed by atoms with Crippen LogP contribution in [-0.2, 0) is 9.59 Å². The van der Waals surface area contributed by atoms with Gasteiger partial charge in [0.05, 0.1) is 6.04 Å². The molecule has 1 aromatic carbocycles. The quantitative estimate of drug-likeness (QED) is 0.909. The summed E-state index contributed by atoms with van der Waals surface area (Å²) < 4.78 is 0. The molecule has 106 valence electrons. The molecule has 0 aromatic heterocycles. The molecular weight excluding hydrogens is 252 g/mol. The van der Waals surface area contributed by atoms with E-state index < -0.39 is 0 Å². The van der Waals surface area contributed by atoms with Crippen LogP contribution >= 0.6 is 0 Å². The zero-order chi connectivity index (χ0) is 14.1. The number of hydrogen-bond acceptors (Lipinski definition) is 2. The Morgan fingerprint density at radius 1 is 1.25 bits per heavy atom. The van der Waals surface area contributed by atoms with Crippen LogP contribution in [0.4, 0.5) is 0 Å². The van der Waals surface area contributed by atoms with Gasteiger partial charge in [-0.2, -0.15) is 0 Å². The molecular formula is C16H20N2O2. The number of rotatable bonds is 4. The molecule has 0 spiro atoms. The van der Waals surface area contributed by atoms with E-state index in [1.165, 1.54) is 0 Å². The van der Waals surface area contributed by atoms with Crippen LogP contribution in [0.2, 0.25) is 0 Å². The summed E-state index contributed by atoms with van der Waals surface area (Å²) in [7, 11) is 0. The molecule has 3 rings (SSSR count). The van der Waals surface area contributed by atoms with Gasteiger partial charge in [0.15, 0.2) is 0 Å². The summed E-state index contributed by atoms with van der Waals surface area (Å²) in [5, 5.41) is 2.86. The fraction of sp³-hybridized carbons (Fsp3) is 0.500. The Hall–Kier alpha value is -1.84. The fourth-order valence-electron chi connectivity index (χ4n) is 3.02. The van der Waals surface area contributed by atoms with Crippen LogP contribution in [0, 0.1) is 5.92 Å². The molecule has 4 heteroatoms. The SMILES string of the molecule is CCC(c1ccccc1)N1CC(=O)NC(C2CC2)C1=O. The average molecular weight is 272 g/mol. The zero-order valence-corrected chi connectivity index (χ0v) is 11.7. The van der Waals surface area contributed by atoms with Gasteiger partial charge in [-0.25, -0.2) is 0 Å². The van der Waals surface area contributed by atoms with Crippen molar-refractivity contribution in [3.63, 3.8) is 0 Å². The highest BCUT2D eigenvalue weighted by Gasteiger charge is 2.44. The molecule has 2 aliphatic rings. The molecule has 0 bridgehead atoms. The standard InChI is InChI=1S/C16H20N2O2/c1-2-13(11-6-4-3-5-7-11)18-10-14(19)17-15(16(18)20)12-8-9-12/h3-7,12-13,15H,2,8-10H2,1H3,(H,17,19). The number of nitrogens with one attached hydrogen (secondary N) is 1. The smallest absolute Gasteiger partial charge is 0.246 e. The monoisotopic (exact) mass is 272 g/mol. The highest BCUT2D eigenvalue weighted by Crippen LogP contribution is 2.36. The lowest BCUT2D eigenvalue weighted by Gasteiger charge is -2.38. The van der Waals surface area contributed by atoms with Gasteiger partial charge < -0.3 is 10.2 Å². The van der Waals surface area contributed by atoms with Crippen molar-refractivity contribution in [2.24, 2.45) is 5.92 Å². The predicted molar refractivity (Wildman–Crippen MR) is 75.8 cm³/mol. The summed E-state index contributed by atoms with van der Waals surface area (Å²) in [5.41, 5.74) is 1.10. The summed E-state index contributed by atoms with van der Waals surface area (Å²) >= 11 is 0. The topological polar surface area (TPSA) is 49.4 Å². The van der Waals surface area contributed by atoms with Crippen molar-refractivity contribution in [3.8, 4) is 0 Å². The number of hydrogen-bond donors (Lipinski definition) is 1. The van der Waals surface area contributed by atoms with Gasteiger partial charge in [0.1, 0.15) is 12.6 Å². The van der Waals surface area contributed by atoms with E-state index in [4.69, 9.17) is 0 Å². The molecule has 1 aromatic rings. The van der Waals surface area contributed by atoms with Crippen LogP contribution in [0.3, 0.4) is 0 Å². The molecule has 0 radical (unpaired) electrons. The van der Waals surface area contributed by atoms with Gasteiger partial charge in [-0.3, -0.25) is 9.59 Å². The van der Waals surface area contributed by atoms with Gasteiger partial charge in [0, 0.05) is 0 Å². The predicted octanol–water partition coefficient (Wildman–Crippen LogP) is 1.87. The zero-order valence-electron chi connectivity index (χ0n) is 11.7. The van der Waals surface area contributed by atoms with Gasteiger partial charge in [0.25, 0.3) is 0 Å². The van der Waals surface area contributed by atoms with E-state index in [1.54, 1.807) is 4.90 Å². The maximum atomic E-state index is 12.6. The lowest BCUT2D eigenvalue weighted by Crippen LogP contribution is -2.59. The molecule has 2 amide bonds. The first kappa shape index (κ1) is 13.2. The molecule has 1 aliphatic heterocycles. The van der Waals surface area contributed by atoms with Gasteiger partial charge in [-0.05, 0) is 30.7 Å². The lowest BCUT2D eigenvalue weighted by molar-refractivity contribution is -0.147. The Kier molecular flexibility index (Phi) is 3.47. The molecule has 1 heterocycles. The number of carbonyl (C=O) groups excluding carboxylic acids is 2. The lowest BCUT2D eigenvalue weighted by atomic mass is 9.99. The molecule has 2 unspecified atom stereocenters. The van der Waals surface area contributed by atoms with Gasteiger partial charge in [-0.15, -0.1) is 0 Å². The number of amides is 2. The van der Waals surface area contributed by atoms with E-state index >= 15 is 0 Å². The van der Waals surface area contributed by atoms with Crippen LogP contribution in [0.25, 0.3) is 0 Å². The van der Waals surface area contributed by atoms with Gasteiger partial charge in [-0.1, -0.05) is 37.3 Å². The molecule has 1 aliphatic carbocycles. The van der Waals surface area contributed by atoms with E-state index in [1.807, 2.05) is 30.3 Å². The second-order valence-electron chi connectivity index (χ2n) is 5.68. The Balaban J connectivity index is 1.86.